The molecule has 0 aliphatic carbocycles. The van der Waals surface area contributed by atoms with E-state index >= 15 is 0 Å². The van der Waals surface area contributed by atoms with Gasteiger partial charge in [-0.2, -0.15) is 0 Å². The first-order valence-electron chi connectivity index (χ1n) is 29.2. The van der Waals surface area contributed by atoms with Crippen LogP contribution in [-0.4, -0.2) is 193 Å². The van der Waals surface area contributed by atoms with Crippen molar-refractivity contribution in [3.63, 3.8) is 0 Å². The lowest BCUT2D eigenvalue weighted by atomic mass is 9.96. The second kappa shape index (κ2) is 42.1. The van der Waals surface area contributed by atoms with E-state index in [1.807, 2.05) is 6.08 Å². The van der Waals surface area contributed by atoms with Gasteiger partial charge in [0, 0.05) is 6.42 Å². The van der Waals surface area contributed by atoms with E-state index in [9.17, 15) is 61.0 Å². The van der Waals surface area contributed by atoms with Crippen molar-refractivity contribution in [3.05, 3.63) is 72.9 Å². The summed E-state index contributed by atoms with van der Waals surface area (Å²) in [5.41, 5.74) is 0. The summed E-state index contributed by atoms with van der Waals surface area (Å²) in [5.74, 6) is -0.307. The Labute approximate surface area is 464 Å². The third-order valence-electron chi connectivity index (χ3n) is 14.2. The lowest BCUT2D eigenvalue weighted by molar-refractivity contribution is -0.379. The van der Waals surface area contributed by atoms with Crippen molar-refractivity contribution >= 4 is 5.91 Å². The highest BCUT2D eigenvalue weighted by molar-refractivity contribution is 5.76. The quantitative estimate of drug-likeness (QED) is 0.0293. The number of aliphatic hydroxyl groups excluding tert-OH is 11. The minimum Gasteiger partial charge on any atom is -0.394 e. The van der Waals surface area contributed by atoms with E-state index < -0.39 is 124 Å². The van der Waals surface area contributed by atoms with Gasteiger partial charge in [0.2, 0.25) is 5.91 Å². The van der Waals surface area contributed by atoms with E-state index in [0.29, 0.717) is 12.8 Å². The molecule has 1 amide bonds. The van der Waals surface area contributed by atoms with Crippen LogP contribution in [0, 0.1) is 0 Å². The summed E-state index contributed by atoms with van der Waals surface area (Å²) in [5, 5.41) is 120. The van der Waals surface area contributed by atoms with E-state index in [2.05, 4.69) is 79.9 Å². The van der Waals surface area contributed by atoms with Gasteiger partial charge in [0.1, 0.15) is 73.2 Å². The van der Waals surface area contributed by atoms with Crippen LogP contribution < -0.4 is 5.32 Å². The molecule has 450 valence electrons. The van der Waals surface area contributed by atoms with Crippen molar-refractivity contribution < 1.29 is 89.4 Å². The molecule has 17 atom stereocenters. The predicted molar refractivity (Wildman–Crippen MR) is 295 cm³/mol. The first-order valence-corrected chi connectivity index (χ1v) is 29.2. The van der Waals surface area contributed by atoms with Crippen LogP contribution in [0.5, 0.6) is 0 Å². The van der Waals surface area contributed by atoms with Crippen LogP contribution in [0.15, 0.2) is 72.9 Å². The Morgan fingerprint density at radius 1 is 0.462 bits per heavy atom. The number of unbranched alkanes of at least 4 members (excludes halogenated alkanes) is 15. The number of allylic oxidation sites excluding steroid dienone is 11. The molecule has 3 heterocycles. The predicted octanol–water partition coefficient (Wildman–Crippen LogP) is 4.65. The van der Waals surface area contributed by atoms with Gasteiger partial charge >= 0.3 is 0 Å². The number of amides is 1. The standard InChI is InChI=1S/C59H101NO18/c1-3-5-7-9-11-13-15-17-19-20-21-22-23-25-27-29-31-33-35-37-47(65)60-42(43(64)36-34-32-30-28-26-24-18-16-14-12-10-8-6-4-2)41-73-57-53(71)50(68)55(45(39-62)75-57)78-59-54(72)51(69)56(46(40-63)76-59)77-58-52(70)49(67)48(66)44(38-61)74-58/h11,13-14,16-17,19,21-22,26,28,34,36,42-46,48-59,61-64,66-72H,3-10,12,15,18,20,23-25,27,29-33,35,37-41H2,1-2H3,(H,60,65)/b13-11-,16-14+,19-17-,22-21-,28-26+,36-34+. The smallest absolute Gasteiger partial charge is 0.220 e. The SMILES string of the molecule is CCCCC/C=C\C/C=C\C/C=C\CCCCCCCCC(=O)NC(COC1OC(CO)C(OC2OC(CO)C(OC3OC(CO)C(O)C(O)C3O)C(O)C2O)C(O)C1O)C(O)/C=C/CC/C=C/CC/C=C/CCCCCC. The average Bonchev–Trinajstić information content (AvgIpc) is 3.45. The zero-order valence-corrected chi connectivity index (χ0v) is 46.6. The van der Waals surface area contributed by atoms with E-state index in [-0.39, 0.29) is 18.9 Å². The van der Waals surface area contributed by atoms with Gasteiger partial charge in [-0.05, 0) is 83.5 Å². The van der Waals surface area contributed by atoms with E-state index in [4.69, 9.17) is 28.4 Å². The van der Waals surface area contributed by atoms with Crippen molar-refractivity contribution in [3.8, 4) is 0 Å². The summed E-state index contributed by atoms with van der Waals surface area (Å²) < 4.78 is 34.2. The topological polar surface area (TPSA) is 307 Å². The maximum Gasteiger partial charge on any atom is 0.220 e. The summed E-state index contributed by atoms with van der Waals surface area (Å²) in [6.07, 6.45) is 21.7. The molecule has 0 spiro atoms. The van der Waals surface area contributed by atoms with Crippen LogP contribution in [0.2, 0.25) is 0 Å². The maximum atomic E-state index is 13.3. The van der Waals surface area contributed by atoms with Crippen LogP contribution >= 0.6 is 0 Å². The van der Waals surface area contributed by atoms with Crippen LogP contribution in [0.3, 0.4) is 0 Å². The molecule has 0 aromatic rings. The summed E-state index contributed by atoms with van der Waals surface area (Å²) in [7, 11) is 0. The summed E-state index contributed by atoms with van der Waals surface area (Å²) in [4.78, 5) is 13.3. The Hall–Kier alpha value is -2.77. The Bertz CT molecular complexity index is 1710. The van der Waals surface area contributed by atoms with Crippen LogP contribution in [0.25, 0.3) is 0 Å². The fraction of sp³-hybridized carbons (Fsp3) is 0.780. The van der Waals surface area contributed by atoms with Gasteiger partial charge in [0.25, 0.3) is 0 Å². The molecule has 3 rings (SSSR count). The lowest BCUT2D eigenvalue weighted by Gasteiger charge is -2.48. The molecule has 0 bridgehead atoms. The molecule has 0 radical (unpaired) electrons. The highest BCUT2D eigenvalue weighted by Gasteiger charge is 2.53. The Balaban J connectivity index is 1.53. The van der Waals surface area contributed by atoms with Gasteiger partial charge in [-0.3, -0.25) is 4.79 Å². The Kier molecular flexibility index (Phi) is 37.5. The molecule has 19 heteroatoms. The number of hydrogen-bond donors (Lipinski definition) is 12. The highest BCUT2D eigenvalue weighted by Crippen LogP contribution is 2.33. The van der Waals surface area contributed by atoms with Gasteiger partial charge in [0.05, 0.1) is 38.6 Å². The van der Waals surface area contributed by atoms with Crippen molar-refractivity contribution in [2.45, 2.75) is 266 Å². The molecular formula is C59H101NO18. The fourth-order valence-corrected chi connectivity index (χ4v) is 9.34. The van der Waals surface area contributed by atoms with Crippen molar-refractivity contribution in [2.75, 3.05) is 26.4 Å². The molecule has 0 aromatic heterocycles. The third kappa shape index (κ3) is 26.0. The van der Waals surface area contributed by atoms with Gasteiger partial charge < -0.3 is 89.9 Å². The highest BCUT2D eigenvalue weighted by atomic mass is 16.8. The number of carbonyl (C=O) groups is 1. The normalized spacial score (nSPS) is 31.0. The van der Waals surface area contributed by atoms with Gasteiger partial charge in [0.15, 0.2) is 18.9 Å². The Morgan fingerprint density at radius 3 is 1.40 bits per heavy atom. The fourth-order valence-electron chi connectivity index (χ4n) is 9.34. The molecule has 12 N–H and O–H groups in total. The molecule has 0 aromatic carbocycles. The average molecular weight is 1110 g/mol. The second-order valence-corrected chi connectivity index (χ2v) is 20.7. The third-order valence-corrected chi connectivity index (χ3v) is 14.2. The van der Waals surface area contributed by atoms with E-state index in [0.717, 1.165) is 83.5 Å². The number of aliphatic hydroxyl groups is 11. The number of rotatable bonds is 41. The molecule has 3 fully saturated rings. The van der Waals surface area contributed by atoms with Crippen LogP contribution in [0.4, 0.5) is 0 Å². The number of nitrogens with one attached hydrogen (secondary N) is 1. The molecule has 78 heavy (non-hydrogen) atoms. The van der Waals surface area contributed by atoms with E-state index in [1.165, 1.54) is 44.9 Å². The summed E-state index contributed by atoms with van der Waals surface area (Å²) >= 11 is 0. The van der Waals surface area contributed by atoms with Gasteiger partial charge in [-0.25, -0.2) is 0 Å². The first kappa shape index (κ1) is 69.5. The molecule has 19 nitrogen and oxygen atoms in total. The molecule has 3 saturated heterocycles. The number of hydrogen-bond acceptors (Lipinski definition) is 18. The van der Waals surface area contributed by atoms with Gasteiger partial charge in [-0.15, -0.1) is 0 Å². The minimum atomic E-state index is -1.99. The second-order valence-electron chi connectivity index (χ2n) is 20.7. The summed E-state index contributed by atoms with van der Waals surface area (Å²) in [6, 6.07) is -1.01. The van der Waals surface area contributed by atoms with Crippen molar-refractivity contribution in [2.24, 2.45) is 0 Å². The van der Waals surface area contributed by atoms with Crippen molar-refractivity contribution in [1.82, 2.24) is 5.32 Å². The Morgan fingerprint density at radius 2 is 0.859 bits per heavy atom. The number of carbonyl (C=O) groups excluding carboxylic acids is 1. The minimum absolute atomic E-state index is 0.213. The van der Waals surface area contributed by atoms with E-state index in [1.54, 1.807) is 6.08 Å². The maximum absolute atomic E-state index is 13.3. The molecular weight excluding hydrogens is 1010 g/mol. The molecule has 17 unspecified atom stereocenters. The van der Waals surface area contributed by atoms with Crippen LogP contribution in [0.1, 0.15) is 162 Å². The zero-order valence-electron chi connectivity index (χ0n) is 46.6. The van der Waals surface area contributed by atoms with Crippen molar-refractivity contribution in [1.29, 1.82) is 0 Å². The zero-order chi connectivity index (χ0) is 56.9. The first-order chi connectivity index (χ1) is 37.8. The lowest BCUT2D eigenvalue weighted by Crippen LogP contribution is -2.66. The molecule has 3 aliphatic rings. The monoisotopic (exact) mass is 1110 g/mol. The molecule has 0 saturated carbocycles. The number of ether oxygens (including phenoxy) is 6. The summed E-state index contributed by atoms with van der Waals surface area (Å²) in [6.45, 7) is 1.60. The van der Waals surface area contributed by atoms with Gasteiger partial charge in [-0.1, -0.05) is 145 Å². The molecule has 3 aliphatic heterocycles. The largest absolute Gasteiger partial charge is 0.394 e. The van der Waals surface area contributed by atoms with Crippen LogP contribution in [-0.2, 0) is 33.2 Å².